The summed E-state index contributed by atoms with van der Waals surface area (Å²) < 4.78 is 0. The van der Waals surface area contributed by atoms with Crippen LogP contribution >= 0.6 is 0 Å². The number of hydrogen-bond donors (Lipinski definition) is 2. The van der Waals surface area contributed by atoms with Crippen LogP contribution in [0.1, 0.15) is 64.7 Å². The summed E-state index contributed by atoms with van der Waals surface area (Å²) in [5.74, 6) is -0.728. The monoisotopic (exact) mass is 284 g/mol. The Morgan fingerprint density at radius 2 is 1.95 bits per heavy atom. The highest BCUT2D eigenvalue weighted by Crippen LogP contribution is 2.19. The molecule has 5 heteroatoms. The quantitative estimate of drug-likeness (QED) is 0.673. The summed E-state index contributed by atoms with van der Waals surface area (Å²) >= 11 is 0. The topological polar surface area (TPSA) is 69.6 Å². The van der Waals surface area contributed by atoms with Crippen molar-refractivity contribution in [3.8, 4) is 0 Å². The molecule has 1 saturated heterocycles. The van der Waals surface area contributed by atoms with Crippen molar-refractivity contribution < 1.29 is 14.7 Å². The maximum absolute atomic E-state index is 12.1. The maximum Gasteiger partial charge on any atom is 0.317 e. The van der Waals surface area contributed by atoms with Crippen molar-refractivity contribution in [3.05, 3.63) is 0 Å². The average Bonchev–Trinajstić information content (AvgIpc) is 2.45. The molecule has 1 aliphatic rings. The molecule has 2 amide bonds. The van der Waals surface area contributed by atoms with Crippen LogP contribution in [0, 0.1) is 0 Å². The second-order valence-electron chi connectivity index (χ2n) is 5.54. The lowest BCUT2D eigenvalue weighted by Gasteiger charge is -2.35. The van der Waals surface area contributed by atoms with Gasteiger partial charge in [-0.15, -0.1) is 0 Å². The fraction of sp³-hybridized carbons (Fsp3) is 0.867. The molecule has 0 bridgehead atoms. The minimum absolute atomic E-state index is 0.0714. The minimum Gasteiger partial charge on any atom is -0.481 e. The van der Waals surface area contributed by atoms with Crippen molar-refractivity contribution in [3.63, 3.8) is 0 Å². The Bertz CT molecular complexity index is 307. The highest BCUT2D eigenvalue weighted by atomic mass is 16.4. The number of carboxylic acids is 1. The summed E-state index contributed by atoms with van der Waals surface area (Å²) in [5.41, 5.74) is 0. The number of nitrogens with one attached hydrogen (secondary N) is 1. The van der Waals surface area contributed by atoms with E-state index >= 15 is 0 Å². The number of rotatable bonds is 8. The summed E-state index contributed by atoms with van der Waals surface area (Å²) in [4.78, 5) is 24.4. The molecule has 1 rings (SSSR count). The molecule has 1 aliphatic heterocycles. The summed E-state index contributed by atoms with van der Waals surface area (Å²) in [6.07, 6.45) is 8.29. The van der Waals surface area contributed by atoms with E-state index in [1.54, 1.807) is 0 Å². The second-order valence-corrected chi connectivity index (χ2v) is 5.54. The van der Waals surface area contributed by atoms with Crippen LogP contribution in [0.25, 0.3) is 0 Å². The maximum atomic E-state index is 12.1. The molecule has 20 heavy (non-hydrogen) atoms. The van der Waals surface area contributed by atoms with Crippen molar-refractivity contribution in [1.82, 2.24) is 10.2 Å². The van der Waals surface area contributed by atoms with E-state index < -0.39 is 5.97 Å². The van der Waals surface area contributed by atoms with Crippen molar-refractivity contribution in [1.29, 1.82) is 0 Å². The van der Waals surface area contributed by atoms with Crippen LogP contribution in [0.4, 0.5) is 4.79 Å². The van der Waals surface area contributed by atoms with Gasteiger partial charge in [-0.3, -0.25) is 4.79 Å². The molecule has 1 atom stereocenters. The lowest BCUT2D eigenvalue weighted by Crippen LogP contribution is -2.48. The molecule has 0 spiro atoms. The van der Waals surface area contributed by atoms with Gasteiger partial charge in [-0.2, -0.15) is 0 Å². The van der Waals surface area contributed by atoms with Crippen molar-refractivity contribution >= 4 is 12.0 Å². The lowest BCUT2D eigenvalue weighted by molar-refractivity contribution is -0.137. The highest BCUT2D eigenvalue weighted by Gasteiger charge is 2.24. The molecular weight excluding hydrogens is 256 g/mol. The van der Waals surface area contributed by atoms with Gasteiger partial charge >= 0.3 is 12.0 Å². The molecule has 0 aromatic carbocycles. The van der Waals surface area contributed by atoms with Gasteiger partial charge in [-0.25, -0.2) is 4.79 Å². The number of carboxylic acid groups (broad SMARTS) is 1. The van der Waals surface area contributed by atoms with Gasteiger partial charge in [-0.1, -0.05) is 19.8 Å². The average molecular weight is 284 g/mol. The predicted molar refractivity (Wildman–Crippen MR) is 78.8 cm³/mol. The molecule has 0 aliphatic carbocycles. The number of unbranched alkanes of at least 4 members (excludes halogenated alkanes) is 3. The Morgan fingerprint density at radius 1 is 1.20 bits per heavy atom. The standard InChI is InChI=1S/C15H28N2O3/c1-2-13-9-6-8-12-17(13)15(20)16-11-7-4-3-5-10-14(18)19/h13H,2-12H2,1H3,(H,16,20)(H,18,19). The van der Waals surface area contributed by atoms with Gasteiger partial charge in [0.2, 0.25) is 0 Å². The highest BCUT2D eigenvalue weighted by molar-refractivity contribution is 5.74. The summed E-state index contributed by atoms with van der Waals surface area (Å²) in [5, 5.41) is 11.5. The van der Waals surface area contributed by atoms with E-state index in [0.29, 0.717) is 12.6 Å². The number of amides is 2. The number of piperidine rings is 1. The largest absolute Gasteiger partial charge is 0.481 e. The molecule has 0 radical (unpaired) electrons. The Kier molecular flexibility index (Phi) is 8.07. The van der Waals surface area contributed by atoms with Gasteiger partial charge in [0.05, 0.1) is 0 Å². The van der Waals surface area contributed by atoms with Gasteiger partial charge in [0, 0.05) is 25.6 Å². The number of nitrogens with zero attached hydrogens (tertiary/aromatic N) is 1. The van der Waals surface area contributed by atoms with Crippen LogP contribution < -0.4 is 5.32 Å². The molecule has 0 aromatic heterocycles. The van der Waals surface area contributed by atoms with Crippen molar-refractivity contribution in [2.75, 3.05) is 13.1 Å². The number of carbonyl (C=O) groups is 2. The third kappa shape index (κ3) is 6.26. The summed E-state index contributed by atoms with van der Waals surface area (Å²) in [6, 6.07) is 0.474. The van der Waals surface area contributed by atoms with E-state index in [9.17, 15) is 9.59 Å². The Labute approximate surface area is 121 Å². The number of hydrogen-bond acceptors (Lipinski definition) is 2. The molecule has 1 fully saturated rings. The first-order chi connectivity index (χ1) is 9.65. The van der Waals surface area contributed by atoms with Crippen LogP contribution in [0.2, 0.25) is 0 Å². The van der Waals surface area contributed by atoms with Crippen molar-refractivity contribution in [2.24, 2.45) is 0 Å². The summed E-state index contributed by atoms with van der Waals surface area (Å²) in [6.45, 7) is 3.71. The second kappa shape index (κ2) is 9.61. The van der Waals surface area contributed by atoms with Crippen molar-refractivity contribution in [2.45, 2.75) is 70.8 Å². The molecule has 1 unspecified atom stereocenters. The first kappa shape index (κ1) is 16.8. The molecule has 116 valence electrons. The van der Waals surface area contributed by atoms with Crippen LogP contribution in [0.3, 0.4) is 0 Å². The Hall–Kier alpha value is -1.26. The third-order valence-electron chi connectivity index (χ3n) is 3.95. The molecule has 0 aromatic rings. The lowest BCUT2D eigenvalue weighted by atomic mass is 10.0. The molecule has 1 heterocycles. The molecule has 2 N–H and O–H groups in total. The number of likely N-dealkylation sites (tertiary alicyclic amines) is 1. The van der Waals surface area contributed by atoms with E-state index in [2.05, 4.69) is 12.2 Å². The SMILES string of the molecule is CCC1CCCCN1C(=O)NCCCCCCC(=O)O. The predicted octanol–water partition coefficient (Wildman–Crippen LogP) is 3.00. The fourth-order valence-corrected chi connectivity index (χ4v) is 2.74. The first-order valence-electron chi connectivity index (χ1n) is 7.91. The number of carbonyl (C=O) groups excluding carboxylic acids is 1. The van der Waals surface area contributed by atoms with E-state index in [1.165, 1.54) is 6.42 Å². The van der Waals surface area contributed by atoms with Gasteiger partial charge in [0.25, 0.3) is 0 Å². The third-order valence-corrected chi connectivity index (χ3v) is 3.95. The zero-order chi connectivity index (χ0) is 14.8. The van der Waals surface area contributed by atoms with Gasteiger partial charge in [-0.05, 0) is 38.5 Å². The molecule has 5 nitrogen and oxygen atoms in total. The van der Waals surface area contributed by atoms with Crippen LogP contribution in [-0.2, 0) is 4.79 Å². The zero-order valence-electron chi connectivity index (χ0n) is 12.6. The Balaban J connectivity index is 2.08. The molecular formula is C15H28N2O3. The number of aliphatic carboxylic acids is 1. The Morgan fingerprint density at radius 3 is 2.65 bits per heavy atom. The van der Waals surface area contributed by atoms with E-state index in [4.69, 9.17) is 5.11 Å². The minimum atomic E-state index is -0.728. The van der Waals surface area contributed by atoms with Crippen LogP contribution in [0.15, 0.2) is 0 Å². The van der Waals surface area contributed by atoms with E-state index in [-0.39, 0.29) is 12.5 Å². The van der Waals surface area contributed by atoms with Gasteiger partial charge in [0.1, 0.15) is 0 Å². The smallest absolute Gasteiger partial charge is 0.317 e. The summed E-state index contributed by atoms with van der Waals surface area (Å²) in [7, 11) is 0. The number of urea groups is 1. The van der Waals surface area contributed by atoms with Crippen LogP contribution in [0.5, 0.6) is 0 Å². The molecule has 0 saturated carbocycles. The van der Waals surface area contributed by atoms with Gasteiger partial charge in [0.15, 0.2) is 0 Å². The van der Waals surface area contributed by atoms with E-state index in [1.807, 2.05) is 4.90 Å². The van der Waals surface area contributed by atoms with Gasteiger partial charge < -0.3 is 15.3 Å². The van der Waals surface area contributed by atoms with Crippen LogP contribution in [-0.4, -0.2) is 41.1 Å². The van der Waals surface area contributed by atoms with E-state index in [0.717, 1.165) is 51.5 Å². The zero-order valence-corrected chi connectivity index (χ0v) is 12.6. The first-order valence-corrected chi connectivity index (χ1v) is 7.91. The fourth-order valence-electron chi connectivity index (χ4n) is 2.74. The normalized spacial score (nSPS) is 18.9.